The third-order valence-electron chi connectivity index (χ3n) is 17.9. The van der Waals surface area contributed by atoms with Crippen molar-refractivity contribution in [1.29, 1.82) is 0 Å². The number of aliphatic hydroxyl groups is 2. The fourth-order valence-corrected chi connectivity index (χ4v) is 12.0. The molecule has 0 aromatic carbocycles. The van der Waals surface area contributed by atoms with Crippen LogP contribution in [0.1, 0.15) is 425 Å². The molecule has 0 fully saturated rings. The summed E-state index contributed by atoms with van der Waals surface area (Å²) in [7, 11) is 0. The topological polar surface area (TPSA) is 95.9 Å². The molecule has 6 heteroatoms. The van der Waals surface area contributed by atoms with E-state index in [4.69, 9.17) is 4.74 Å². The standard InChI is InChI=1S/C78H149NO5/c1-3-5-7-9-11-13-15-17-18-40-44-48-52-56-60-64-68-72-78(83)84-73-69-65-61-57-53-49-45-42-39-37-35-33-31-29-27-25-23-21-19-20-22-24-26-28-30-32-34-36-38-41-43-47-51-55-59-63-67-71-77(82)79-75(74-80)76(81)70-66-62-58-54-50-46-16-14-12-10-8-6-4-2/h17-19,21,66,70,75-76,80-81H,3-16,20,22-65,67-69,71-74H2,1-2H3,(H,79,82)/b18-17-,21-19-,70-66+. The lowest BCUT2D eigenvalue weighted by Crippen LogP contribution is -2.45. The second kappa shape index (κ2) is 73.5. The highest BCUT2D eigenvalue weighted by atomic mass is 16.5. The lowest BCUT2D eigenvalue weighted by molar-refractivity contribution is -0.143. The summed E-state index contributed by atoms with van der Waals surface area (Å²) in [6, 6.07) is -0.624. The summed E-state index contributed by atoms with van der Waals surface area (Å²) in [5.74, 6) is -0.0439. The number of hydrogen-bond acceptors (Lipinski definition) is 5. The van der Waals surface area contributed by atoms with Crippen LogP contribution in [-0.4, -0.2) is 47.4 Å². The number of nitrogens with one attached hydrogen (secondary N) is 1. The first-order valence-corrected chi connectivity index (χ1v) is 38.3. The van der Waals surface area contributed by atoms with Crippen LogP contribution in [0.5, 0.6) is 0 Å². The molecule has 0 heterocycles. The molecular formula is C78H149NO5. The van der Waals surface area contributed by atoms with E-state index >= 15 is 0 Å². The van der Waals surface area contributed by atoms with E-state index in [9.17, 15) is 19.8 Å². The molecule has 2 atom stereocenters. The maximum Gasteiger partial charge on any atom is 0.305 e. The lowest BCUT2D eigenvalue weighted by Gasteiger charge is -2.20. The first kappa shape index (κ1) is 82.1. The number of allylic oxidation sites excluding steroid dienone is 5. The number of aliphatic hydroxyl groups excluding tert-OH is 2. The molecule has 0 aliphatic carbocycles. The van der Waals surface area contributed by atoms with Crippen molar-refractivity contribution in [3.63, 3.8) is 0 Å². The largest absolute Gasteiger partial charge is 0.466 e. The molecule has 0 aliphatic rings. The smallest absolute Gasteiger partial charge is 0.305 e. The molecule has 2 unspecified atom stereocenters. The van der Waals surface area contributed by atoms with Crippen molar-refractivity contribution in [2.45, 2.75) is 437 Å². The highest BCUT2D eigenvalue weighted by molar-refractivity contribution is 5.76. The Labute approximate surface area is 525 Å². The Morgan fingerprint density at radius 2 is 0.560 bits per heavy atom. The number of carbonyl (C=O) groups is 2. The molecule has 6 nitrogen and oxygen atoms in total. The molecule has 0 aliphatic heterocycles. The molecule has 0 rings (SSSR count). The van der Waals surface area contributed by atoms with Gasteiger partial charge < -0.3 is 20.3 Å². The maximum absolute atomic E-state index is 12.5. The number of carbonyl (C=O) groups excluding carboxylic acids is 2. The molecule has 0 saturated carbocycles. The molecule has 0 bridgehead atoms. The molecule has 0 aromatic rings. The minimum Gasteiger partial charge on any atom is -0.466 e. The van der Waals surface area contributed by atoms with Gasteiger partial charge in [-0.05, 0) is 83.5 Å². The minimum atomic E-state index is -0.841. The van der Waals surface area contributed by atoms with Gasteiger partial charge >= 0.3 is 5.97 Å². The second-order valence-electron chi connectivity index (χ2n) is 26.3. The molecule has 496 valence electrons. The Hall–Kier alpha value is -1.92. The predicted octanol–water partition coefficient (Wildman–Crippen LogP) is 25.0. The van der Waals surface area contributed by atoms with Crippen molar-refractivity contribution < 1.29 is 24.5 Å². The Balaban J connectivity index is 3.32. The fraction of sp³-hybridized carbons (Fsp3) is 0.897. The van der Waals surface area contributed by atoms with E-state index in [1.165, 1.54) is 353 Å². The zero-order valence-electron chi connectivity index (χ0n) is 56.9. The number of rotatable bonds is 72. The summed E-state index contributed by atoms with van der Waals surface area (Å²) in [5.41, 5.74) is 0. The first-order valence-electron chi connectivity index (χ1n) is 38.3. The van der Waals surface area contributed by atoms with Crippen LogP contribution in [-0.2, 0) is 14.3 Å². The summed E-state index contributed by atoms with van der Waals surface area (Å²) in [5, 5.41) is 23.1. The van der Waals surface area contributed by atoms with Crippen molar-refractivity contribution in [3.05, 3.63) is 36.5 Å². The normalized spacial score (nSPS) is 12.7. The van der Waals surface area contributed by atoms with Crippen LogP contribution in [0.4, 0.5) is 0 Å². The summed E-state index contributed by atoms with van der Waals surface area (Å²) < 4.78 is 5.51. The monoisotopic (exact) mass is 1180 g/mol. The summed E-state index contributed by atoms with van der Waals surface area (Å²) in [4.78, 5) is 24.6. The van der Waals surface area contributed by atoms with Crippen LogP contribution in [0.25, 0.3) is 0 Å². The van der Waals surface area contributed by atoms with Gasteiger partial charge in [-0.15, -0.1) is 0 Å². The van der Waals surface area contributed by atoms with Crippen LogP contribution in [0.2, 0.25) is 0 Å². The van der Waals surface area contributed by atoms with E-state index in [0.717, 1.165) is 44.9 Å². The van der Waals surface area contributed by atoms with Crippen molar-refractivity contribution >= 4 is 11.9 Å². The molecule has 1 amide bonds. The van der Waals surface area contributed by atoms with Gasteiger partial charge in [-0.2, -0.15) is 0 Å². The van der Waals surface area contributed by atoms with E-state index in [1.54, 1.807) is 6.08 Å². The van der Waals surface area contributed by atoms with Gasteiger partial charge in [-0.3, -0.25) is 9.59 Å². The van der Waals surface area contributed by atoms with Crippen molar-refractivity contribution in [2.75, 3.05) is 13.2 Å². The van der Waals surface area contributed by atoms with E-state index < -0.39 is 12.1 Å². The first-order chi connectivity index (χ1) is 41.5. The Morgan fingerprint density at radius 1 is 0.321 bits per heavy atom. The van der Waals surface area contributed by atoms with Crippen LogP contribution in [0, 0.1) is 0 Å². The lowest BCUT2D eigenvalue weighted by atomic mass is 10.0. The van der Waals surface area contributed by atoms with E-state index in [1.807, 2.05) is 6.08 Å². The highest BCUT2D eigenvalue weighted by Crippen LogP contribution is 2.19. The average Bonchev–Trinajstić information content (AvgIpc) is 3.54. The van der Waals surface area contributed by atoms with Crippen LogP contribution in [0.3, 0.4) is 0 Å². The molecule has 0 spiro atoms. The van der Waals surface area contributed by atoms with Crippen molar-refractivity contribution in [1.82, 2.24) is 5.32 Å². The van der Waals surface area contributed by atoms with Gasteiger partial charge in [0, 0.05) is 12.8 Å². The second-order valence-corrected chi connectivity index (χ2v) is 26.3. The van der Waals surface area contributed by atoms with Gasteiger partial charge in [0.1, 0.15) is 0 Å². The van der Waals surface area contributed by atoms with Crippen LogP contribution >= 0.6 is 0 Å². The third kappa shape index (κ3) is 69.2. The Kier molecular flexibility index (Phi) is 71.9. The molecular weight excluding hydrogens is 1030 g/mol. The van der Waals surface area contributed by atoms with Crippen LogP contribution < -0.4 is 5.32 Å². The highest BCUT2D eigenvalue weighted by Gasteiger charge is 2.18. The number of ether oxygens (including phenoxy) is 1. The van der Waals surface area contributed by atoms with Gasteiger partial charge in [0.15, 0.2) is 0 Å². The quantitative estimate of drug-likeness (QED) is 0.0320. The summed E-state index contributed by atoms with van der Waals surface area (Å²) in [6.07, 6.45) is 95.5. The fourth-order valence-electron chi connectivity index (χ4n) is 12.0. The Morgan fingerprint density at radius 3 is 0.845 bits per heavy atom. The average molecular weight is 1180 g/mol. The SMILES string of the molecule is CCCCCCCC/C=C\CCCCCCCCCC(=O)OCCCCCCCCCCCCCCCCCC/C=C\CCCCCCCCCCCCCCCCCCCC(=O)NC(CO)C(O)/C=C/CCCCCCCCCCCCC. The van der Waals surface area contributed by atoms with Crippen molar-refractivity contribution in [2.24, 2.45) is 0 Å². The number of amides is 1. The maximum atomic E-state index is 12.5. The molecule has 3 N–H and O–H groups in total. The van der Waals surface area contributed by atoms with Crippen LogP contribution in [0.15, 0.2) is 36.5 Å². The minimum absolute atomic E-state index is 0.0184. The molecule has 0 saturated heterocycles. The molecule has 0 radical (unpaired) electrons. The van der Waals surface area contributed by atoms with E-state index in [2.05, 4.69) is 43.5 Å². The van der Waals surface area contributed by atoms with Gasteiger partial charge in [0.05, 0.1) is 25.4 Å². The van der Waals surface area contributed by atoms with E-state index in [0.29, 0.717) is 19.4 Å². The number of hydrogen-bond donors (Lipinski definition) is 3. The van der Waals surface area contributed by atoms with E-state index in [-0.39, 0.29) is 18.5 Å². The third-order valence-corrected chi connectivity index (χ3v) is 17.9. The Bertz CT molecular complexity index is 1360. The predicted molar refractivity (Wildman–Crippen MR) is 370 cm³/mol. The number of unbranched alkanes of at least 4 members (excludes halogenated alkanes) is 57. The zero-order valence-corrected chi connectivity index (χ0v) is 56.9. The molecule has 84 heavy (non-hydrogen) atoms. The zero-order chi connectivity index (χ0) is 60.6. The summed E-state index contributed by atoms with van der Waals surface area (Å²) >= 11 is 0. The summed E-state index contributed by atoms with van der Waals surface area (Å²) in [6.45, 7) is 4.93. The van der Waals surface area contributed by atoms with Gasteiger partial charge in [0.25, 0.3) is 0 Å². The van der Waals surface area contributed by atoms with Gasteiger partial charge in [0.2, 0.25) is 5.91 Å². The molecule has 0 aromatic heterocycles. The number of esters is 1. The van der Waals surface area contributed by atoms with Gasteiger partial charge in [-0.25, -0.2) is 0 Å². The van der Waals surface area contributed by atoms with Crippen molar-refractivity contribution in [3.8, 4) is 0 Å². The van der Waals surface area contributed by atoms with Gasteiger partial charge in [-0.1, -0.05) is 365 Å².